The number of methoxy groups -OCH3 is 2. The van der Waals surface area contributed by atoms with Gasteiger partial charge in [0.15, 0.2) is 0 Å². The topological polar surface area (TPSA) is 57.4 Å². The van der Waals surface area contributed by atoms with Crippen molar-refractivity contribution in [2.24, 2.45) is 0 Å². The van der Waals surface area contributed by atoms with Gasteiger partial charge in [0.1, 0.15) is 11.5 Å². The average Bonchev–Trinajstić information content (AvgIpc) is 3.09. The summed E-state index contributed by atoms with van der Waals surface area (Å²) in [5, 5.41) is 8.19. The quantitative estimate of drug-likeness (QED) is 0.636. The molecule has 0 radical (unpaired) electrons. The maximum absolute atomic E-state index is 5.71. The minimum Gasteiger partial charge on any atom is -0.497 e. The van der Waals surface area contributed by atoms with Crippen LogP contribution in [0.5, 0.6) is 11.5 Å². The molecule has 0 aliphatic carbocycles. The van der Waals surface area contributed by atoms with Crippen molar-refractivity contribution in [1.29, 1.82) is 0 Å². The number of hydrogen-bond acceptors (Lipinski definition) is 6. The van der Waals surface area contributed by atoms with E-state index in [0.29, 0.717) is 17.5 Å². The molecule has 0 atom stereocenters. The van der Waals surface area contributed by atoms with E-state index in [2.05, 4.69) is 10.2 Å². The highest BCUT2D eigenvalue weighted by Crippen LogP contribution is 2.27. The molecule has 0 N–H and O–H groups in total. The second-order valence-electron chi connectivity index (χ2n) is 4.70. The first-order valence-corrected chi connectivity index (χ1v) is 8.00. The summed E-state index contributed by atoms with van der Waals surface area (Å²) >= 11 is 1.62. The van der Waals surface area contributed by atoms with E-state index in [1.807, 2.05) is 48.5 Å². The predicted molar refractivity (Wildman–Crippen MR) is 88.8 cm³/mol. The Morgan fingerprint density at radius 2 is 1.74 bits per heavy atom. The molecule has 0 saturated carbocycles. The molecule has 3 rings (SSSR count). The molecule has 3 aromatic rings. The van der Waals surface area contributed by atoms with Gasteiger partial charge in [-0.2, -0.15) is 0 Å². The van der Waals surface area contributed by atoms with E-state index >= 15 is 0 Å². The minimum absolute atomic E-state index is 0.508. The van der Waals surface area contributed by atoms with Crippen molar-refractivity contribution >= 4 is 11.8 Å². The van der Waals surface area contributed by atoms with Crippen LogP contribution in [-0.2, 0) is 5.75 Å². The molecule has 2 aromatic carbocycles. The second kappa shape index (κ2) is 7.19. The molecule has 0 unspecified atom stereocenters. The van der Waals surface area contributed by atoms with Crippen LogP contribution in [0.2, 0.25) is 0 Å². The molecule has 118 valence electrons. The summed E-state index contributed by atoms with van der Waals surface area (Å²) in [6, 6.07) is 15.4. The first-order valence-electron chi connectivity index (χ1n) is 7.02. The molecule has 23 heavy (non-hydrogen) atoms. The third-order valence-electron chi connectivity index (χ3n) is 3.21. The van der Waals surface area contributed by atoms with E-state index in [1.54, 1.807) is 26.0 Å². The SMILES string of the molecule is COc1ccc(-c2nnc(CSc3cccc(OC)c3)o2)cc1. The molecule has 6 heteroatoms. The van der Waals surface area contributed by atoms with Crippen LogP contribution in [0.25, 0.3) is 11.5 Å². The summed E-state index contributed by atoms with van der Waals surface area (Å²) < 4.78 is 16.1. The normalized spacial score (nSPS) is 10.5. The number of benzene rings is 2. The molecular weight excluding hydrogens is 312 g/mol. The van der Waals surface area contributed by atoms with Gasteiger partial charge in [0.25, 0.3) is 0 Å². The smallest absolute Gasteiger partial charge is 0.247 e. The van der Waals surface area contributed by atoms with Gasteiger partial charge in [-0.25, -0.2) is 0 Å². The first-order chi connectivity index (χ1) is 11.3. The molecule has 0 saturated heterocycles. The highest BCUT2D eigenvalue weighted by Gasteiger charge is 2.09. The fourth-order valence-electron chi connectivity index (χ4n) is 2.00. The van der Waals surface area contributed by atoms with Crippen molar-refractivity contribution in [3.05, 3.63) is 54.4 Å². The number of thioether (sulfide) groups is 1. The number of nitrogens with zero attached hydrogens (tertiary/aromatic N) is 2. The number of ether oxygens (including phenoxy) is 2. The van der Waals surface area contributed by atoms with Gasteiger partial charge in [0, 0.05) is 10.5 Å². The van der Waals surface area contributed by atoms with Gasteiger partial charge in [0.2, 0.25) is 11.8 Å². The largest absolute Gasteiger partial charge is 0.497 e. The van der Waals surface area contributed by atoms with Gasteiger partial charge in [-0.3, -0.25) is 0 Å². The van der Waals surface area contributed by atoms with E-state index in [9.17, 15) is 0 Å². The van der Waals surface area contributed by atoms with Gasteiger partial charge in [-0.05, 0) is 42.5 Å². The summed E-state index contributed by atoms with van der Waals surface area (Å²) in [4.78, 5) is 1.09. The lowest BCUT2D eigenvalue weighted by atomic mass is 10.2. The molecule has 5 nitrogen and oxygen atoms in total. The first kappa shape index (κ1) is 15.4. The van der Waals surface area contributed by atoms with E-state index in [1.165, 1.54) is 0 Å². The number of hydrogen-bond donors (Lipinski definition) is 0. The Bertz CT molecular complexity index is 772. The van der Waals surface area contributed by atoms with Crippen LogP contribution in [0.15, 0.2) is 57.8 Å². The molecule has 1 aromatic heterocycles. The van der Waals surface area contributed by atoms with Crippen LogP contribution in [0.3, 0.4) is 0 Å². The van der Waals surface area contributed by atoms with E-state index in [4.69, 9.17) is 13.9 Å². The molecule has 0 bridgehead atoms. The van der Waals surface area contributed by atoms with Gasteiger partial charge >= 0.3 is 0 Å². The van der Waals surface area contributed by atoms with Crippen LogP contribution in [0, 0.1) is 0 Å². The molecule has 0 fully saturated rings. The molecule has 0 aliphatic rings. The van der Waals surface area contributed by atoms with Crippen molar-refractivity contribution in [3.8, 4) is 23.0 Å². The van der Waals surface area contributed by atoms with Gasteiger partial charge in [-0.1, -0.05) is 6.07 Å². The summed E-state index contributed by atoms with van der Waals surface area (Å²) in [5.74, 6) is 3.33. The van der Waals surface area contributed by atoms with Crippen molar-refractivity contribution in [2.45, 2.75) is 10.6 Å². The Morgan fingerprint density at radius 3 is 2.48 bits per heavy atom. The van der Waals surface area contributed by atoms with Crippen LogP contribution in [0.4, 0.5) is 0 Å². The standard InChI is InChI=1S/C17H16N2O3S/c1-20-13-8-6-12(7-9-13)17-19-18-16(22-17)11-23-15-5-3-4-14(10-15)21-2/h3-10H,11H2,1-2H3. The second-order valence-corrected chi connectivity index (χ2v) is 5.75. The Kier molecular flexibility index (Phi) is 4.83. The van der Waals surface area contributed by atoms with Gasteiger partial charge in [0.05, 0.1) is 20.0 Å². The van der Waals surface area contributed by atoms with E-state index < -0.39 is 0 Å². The van der Waals surface area contributed by atoms with Crippen LogP contribution in [0.1, 0.15) is 5.89 Å². The van der Waals surface area contributed by atoms with Gasteiger partial charge in [-0.15, -0.1) is 22.0 Å². The average molecular weight is 328 g/mol. The highest BCUT2D eigenvalue weighted by atomic mass is 32.2. The summed E-state index contributed by atoms with van der Waals surface area (Å²) in [6.45, 7) is 0. The maximum atomic E-state index is 5.71. The van der Waals surface area contributed by atoms with Crippen LogP contribution in [-0.4, -0.2) is 24.4 Å². The highest BCUT2D eigenvalue weighted by molar-refractivity contribution is 7.98. The lowest BCUT2D eigenvalue weighted by Crippen LogP contribution is -1.83. The summed E-state index contributed by atoms with van der Waals surface area (Å²) in [7, 11) is 3.29. The molecule has 1 heterocycles. The predicted octanol–water partition coefficient (Wildman–Crippen LogP) is 4.05. The molecule has 0 aliphatic heterocycles. The molecule has 0 spiro atoms. The summed E-state index contributed by atoms with van der Waals surface area (Å²) in [5.41, 5.74) is 0.871. The minimum atomic E-state index is 0.508. The number of aromatic nitrogens is 2. The maximum Gasteiger partial charge on any atom is 0.247 e. The fraction of sp³-hybridized carbons (Fsp3) is 0.176. The van der Waals surface area contributed by atoms with Crippen molar-refractivity contribution < 1.29 is 13.9 Å². The van der Waals surface area contributed by atoms with E-state index in [0.717, 1.165) is 22.0 Å². The van der Waals surface area contributed by atoms with Crippen molar-refractivity contribution in [3.63, 3.8) is 0 Å². The van der Waals surface area contributed by atoms with Crippen LogP contribution < -0.4 is 9.47 Å². The Balaban J connectivity index is 1.66. The third-order valence-corrected chi connectivity index (χ3v) is 4.19. The van der Waals surface area contributed by atoms with Gasteiger partial charge < -0.3 is 13.9 Å². The zero-order valence-corrected chi connectivity index (χ0v) is 13.7. The Morgan fingerprint density at radius 1 is 0.957 bits per heavy atom. The Hall–Kier alpha value is -2.47. The molecular formula is C17H16N2O3S. The number of rotatable bonds is 6. The Labute approximate surface area is 138 Å². The van der Waals surface area contributed by atoms with E-state index in [-0.39, 0.29) is 0 Å². The van der Waals surface area contributed by atoms with Crippen LogP contribution >= 0.6 is 11.8 Å². The van der Waals surface area contributed by atoms with Crippen molar-refractivity contribution in [1.82, 2.24) is 10.2 Å². The monoisotopic (exact) mass is 328 g/mol. The van der Waals surface area contributed by atoms with Crippen molar-refractivity contribution in [2.75, 3.05) is 14.2 Å². The summed E-state index contributed by atoms with van der Waals surface area (Å²) in [6.07, 6.45) is 0. The fourth-order valence-corrected chi connectivity index (χ4v) is 2.78. The third kappa shape index (κ3) is 3.84. The molecule has 0 amide bonds. The zero-order chi connectivity index (χ0) is 16.1. The lowest BCUT2D eigenvalue weighted by Gasteiger charge is -2.02. The lowest BCUT2D eigenvalue weighted by molar-refractivity contribution is 0.413. The zero-order valence-electron chi connectivity index (χ0n) is 12.9.